The van der Waals surface area contributed by atoms with Crippen molar-refractivity contribution in [2.75, 3.05) is 10.6 Å². The van der Waals surface area contributed by atoms with Crippen LogP contribution in [-0.4, -0.2) is 22.0 Å². The van der Waals surface area contributed by atoms with Crippen LogP contribution in [0, 0.1) is 0 Å². The predicted octanol–water partition coefficient (Wildman–Crippen LogP) is 4.91. The third kappa shape index (κ3) is 5.43. The van der Waals surface area contributed by atoms with Gasteiger partial charge in [-0.25, -0.2) is 9.97 Å². The van der Waals surface area contributed by atoms with Crippen molar-refractivity contribution in [3.8, 4) is 5.75 Å². The lowest BCUT2D eigenvalue weighted by Crippen LogP contribution is -2.13. The number of nitrogens with one attached hydrogen (secondary N) is 2. The van der Waals surface area contributed by atoms with Gasteiger partial charge in [0.15, 0.2) is 0 Å². The molecule has 138 valence electrons. The first-order valence-corrected chi connectivity index (χ1v) is 8.80. The van der Waals surface area contributed by atoms with Gasteiger partial charge in [0.05, 0.1) is 11.7 Å². The zero-order chi connectivity index (χ0) is 19.2. The second-order valence-corrected chi connectivity index (χ2v) is 6.51. The predicted molar refractivity (Wildman–Crippen MR) is 107 cm³/mol. The molecule has 6 nitrogen and oxygen atoms in total. The fraction of sp³-hybridized carbons (Fsp3) is 0.150. The summed E-state index contributed by atoms with van der Waals surface area (Å²) in [6.07, 6.45) is 3.05. The molecule has 0 saturated carbocycles. The fourth-order valence-corrected chi connectivity index (χ4v) is 2.49. The van der Waals surface area contributed by atoms with Gasteiger partial charge >= 0.3 is 0 Å². The van der Waals surface area contributed by atoms with Crippen LogP contribution in [0.15, 0.2) is 60.9 Å². The van der Waals surface area contributed by atoms with Gasteiger partial charge in [-0.05, 0) is 56.3 Å². The smallest absolute Gasteiger partial charge is 0.258 e. The van der Waals surface area contributed by atoms with Crippen LogP contribution in [0.3, 0.4) is 0 Å². The molecule has 27 heavy (non-hydrogen) atoms. The third-order valence-electron chi connectivity index (χ3n) is 3.48. The van der Waals surface area contributed by atoms with Gasteiger partial charge in [0, 0.05) is 28.8 Å². The van der Waals surface area contributed by atoms with Crippen molar-refractivity contribution in [1.29, 1.82) is 0 Å². The molecule has 0 fully saturated rings. The maximum Gasteiger partial charge on any atom is 0.258 e. The van der Waals surface area contributed by atoms with Crippen molar-refractivity contribution in [2.24, 2.45) is 0 Å². The minimum Gasteiger partial charge on any atom is -0.491 e. The number of anilines is 3. The molecule has 0 aliphatic carbocycles. The number of carbonyl (C=O) groups is 1. The Bertz CT molecular complexity index is 912. The summed E-state index contributed by atoms with van der Waals surface area (Å²) in [4.78, 5) is 20.6. The van der Waals surface area contributed by atoms with Crippen LogP contribution in [0.5, 0.6) is 5.75 Å². The summed E-state index contributed by atoms with van der Waals surface area (Å²) in [5.74, 6) is 0.885. The monoisotopic (exact) mass is 382 g/mol. The molecule has 2 N–H and O–H groups in total. The lowest BCUT2D eigenvalue weighted by Gasteiger charge is -2.10. The standard InChI is InChI=1S/C20H19ClN4O2/c1-13(2)27-18-8-6-16(7-9-18)25-20-22-11-14(12-23-20)19(26)24-17-5-3-4-15(21)10-17/h3-13H,1-2H3,(H,24,26)(H,22,23,25). The normalized spacial score (nSPS) is 10.5. The van der Waals surface area contributed by atoms with E-state index in [1.807, 2.05) is 38.1 Å². The minimum atomic E-state index is -0.306. The Labute approximate surface area is 162 Å². The molecule has 7 heteroatoms. The van der Waals surface area contributed by atoms with Crippen molar-refractivity contribution in [1.82, 2.24) is 9.97 Å². The molecule has 0 aliphatic heterocycles. The number of hydrogen-bond donors (Lipinski definition) is 2. The summed E-state index contributed by atoms with van der Waals surface area (Å²) < 4.78 is 5.61. The molecule has 1 heterocycles. The molecule has 3 rings (SSSR count). The molecular formula is C20H19ClN4O2. The highest BCUT2D eigenvalue weighted by Crippen LogP contribution is 2.19. The largest absolute Gasteiger partial charge is 0.491 e. The summed E-state index contributed by atoms with van der Waals surface area (Å²) in [5.41, 5.74) is 1.78. The highest BCUT2D eigenvalue weighted by Gasteiger charge is 2.08. The van der Waals surface area contributed by atoms with Gasteiger partial charge in [0.2, 0.25) is 5.95 Å². The van der Waals surface area contributed by atoms with Crippen LogP contribution < -0.4 is 15.4 Å². The molecule has 0 bridgehead atoms. The number of halogens is 1. The topological polar surface area (TPSA) is 76.1 Å². The summed E-state index contributed by atoms with van der Waals surface area (Å²) in [7, 11) is 0. The van der Waals surface area contributed by atoms with E-state index in [2.05, 4.69) is 20.6 Å². The Balaban J connectivity index is 1.62. The Morgan fingerprint density at radius 3 is 2.37 bits per heavy atom. The summed E-state index contributed by atoms with van der Waals surface area (Å²) in [6, 6.07) is 14.4. The van der Waals surface area contributed by atoms with Crippen molar-refractivity contribution in [3.63, 3.8) is 0 Å². The number of rotatable bonds is 6. The zero-order valence-corrected chi connectivity index (χ0v) is 15.7. The summed E-state index contributed by atoms with van der Waals surface area (Å²) in [6.45, 7) is 3.95. The molecule has 1 amide bonds. The minimum absolute atomic E-state index is 0.123. The average molecular weight is 383 g/mol. The molecular weight excluding hydrogens is 364 g/mol. The number of hydrogen-bond acceptors (Lipinski definition) is 5. The number of benzene rings is 2. The molecule has 0 saturated heterocycles. The summed E-state index contributed by atoms with van der Waals surface area (Å²) >= 11 is 5.91. The number of carbonyl (C=O) groups excluding carboxylic acids is 1. The SMILES string of the molecule is CC(C)Oc1ccc(Nc2ncc(C(=O)Nc3cccc(Cl)c3)cn2)cc1. The molecule has 0 aliphatic rings. The van der Waals surface area contributed by atoms with Gasteiger partial charge in [-0.15, -0.1) is 0 Å². The van der Waals surface area contributed by atoms with E-state index in [9.17, 15) is 4.79 Å². The van der Waals surface area contributed by atoms with E-state index < -0.39 is 0 Å². The second-order valence-electron chi connectivity index (χ2n) is 6.08. The third-order valence-corrected chi connectivity index (χ3v) is 3.71. The zero-order valence-electron chi connectivity index (χ0n) is 14.9. The Hall–Kier alpha value is -3.12. The molecule has 0 unspecified atom stereocenters. The van der Waals surface area contributed by atoms with E-state index in [4.69, 9.17) is 16.3 Å². The van der Waals surface area contributed by atoms with Crippen LogP contribution in [0.25, 0.3) is 0 Å². The van der Waals surface area contributed by atoms with Gasteiger partial charge < -0.3 is 15.4 Å². The van der Waals surface area contributed by atoms with Crippen LogP contribution in [0.4, 0.5) is 17.3 Å². The fourth-order valence-electron chi connectivity index (χ4n) is 2.30. The number of aromatic nitrogens is 2. The highest BCUT2D eigenvalue weighted by atomic mass is 35.5. The van der Waals surface area contributed by atoms with Crippen molar-refractivity contribution >= 4 is 34.8 Å². The Kier molecular flexibility index (Phi) is 5.88. The van der Waals surface area contributed by atoms with Gasteiger partial charge in [-0.2, -0.15) is 0 Å². The quantitative estimate of drug-likeness (QED) is 0.633. The van der Waals surface area contributed by atoms with Crippen LogP contribution in [-0.2, 0) is 0 Å². The first kappa shape index (κ1) is 18.7. The molecule has 2 aromatic carbocycles. The number of ether oxygens (including phenoxy) is 1. The second kappa shape index (κ2) is 8.51. The lowest BCUT2D eigenvalue weighted by atomic mass is 10.2. The van der Waals surface area contributed by atoms with Crippen molar-refractivity contribution in [2.45, 2.75) is 20.0 Å². The van der Waals surface area contributed by atoms with E-state index in [1.54, 1.807) is 24.3 Å². The highest BCUT2D eigenvalue weighted by molar-refractivity contribution is 6.30. The first-order valence-electron chi connectivity index (χ1n) is 8.42. The van der Waals surface area contributed by atoms with Gasteiger partial charge in [-0.1, -0.05) is 17.7 Å². The first-order chi connectivity index (χ1) is 13.0. The number of nitrogens with zero attached hydrogens (tertiary/aromatic N) is 2. The number of amides is 1. The van der Waals surface area contributed by atoms with Gasteiger partial charge in [0.1, 0.15) is 5.75 Å². The molecule has 1 aromatic heterocycles. The molecule has 0 radical (unpaired) electrons. The Morgan fingerprint density at radius 1 is 1.04 bits per heavy atom. The van der Waals surface area contributed by atoms with E-state index in [0.29, 0.717) is 22.2 Å². The lowest BCUT2D eigenvalue weighted by molar-refractivity contribution is 0.102. The van der Waals surface area contributed by atoms with Gasteiger partial charge in [0.25, 0.3) is 5.91 Å². The van der Waals surface area contributed by atoms with E-state index in [1.165, 1.54) is 12.4 Å². The summed E-state index contributed by atoms with van der Waals surface area (Å²) in [5, 5.41) is 6.38. The average Bonchev–Trinajstić information content (AvgIpc) is 2.63. The maximum absolute atomic E-state index is 12.3. The maximum atomic E-state index is 12.3. The van der Waals surface area contributed by atoms with Gasteiger partial charge in [-0.3, -0.25) is 4.79 Å². The van der Waals surface area contributed by atoms with Crippen LogP contribution in [0.2, 0.25) is 5.02 Å². The van der Waals surface area contributed by atoms with E-state index >= 15 is 0 Å². The molecule has 0 spiro atoms. The van der Waals surface area contributed by atoms with Crippen molar-refractivity contribution in [3.05, 3.63) is 71.5 Å². The van der Waals surface area contributed by atoms with Crippen LogP contribution in [0.1, 0.15) is 24.2 Å². The molecule has 3 aromatic rings. The van der Waals surface area contributed by atoms with E-state index in [0.717, 1.165) is 11.4 Å². The molecule has 0 atom stereocenters. The Morgan fingerprint density at radius 2 is 1.74 bits per heavy atom. The van der Waals surface area contributed by atoms with E-state index in [-0.39, 0.29) is 12.0 Å². The van der Waals surface area contributed by atoms with Crippen molar-refractivity contribution < 1.29 is 9.53 Å². The van der Waals surface area contributed by atoms with Crippen LogP contribution >= 0.6 is 11.6 Å².